The molecule has 0 amide bonds. The predicted molar refractivity (Wildman–Crippen MR) is 71.0 cm³/mol. The third kappa shape index (κ3) is 3.13. The van der Waals surface area contributed by atoms with Crippen molar-refractivity contribution in [3.63, 3.8) is 0 Å². The lowest BCUT2D eigenvalue weighted by atomic mass is 10.1. The maximum absolute atomic E-state index is 12.6. The average Bonchev–Trinajstić information content (AvgIpc) is 2.85. The maximum Gasteiger partial charge on any atom is 0.419 e. The fraction of sp³-hybridized carbons (Fsp3) is 0.308. The second-order valence-corrected chi connectivity index (χ2v) is 4.61. The van der Waals surface area contributed by atoms with Crippen LogP contribution in [0.1, 0.15) is 18.1 Å². The average molecular weight is 304 g/mol. The summed E-state index contributed by atoms with van der Waals surface area (Å²) in [6.07, 6.45) is -2.68. The summed E-state index contributed by atoms with van der Waals surface area (Å²) in [4.78, 5) is 0. The van der Waals surface area contributed by atoms with Gasteiger partial charge in [-0.1, -0.05) is 30.7 Å². The molecule has 1 N–H and O–H groups in total. The highest BCUT2D eigenvalue weighted by Crippen LogP contribution is 2.31. The van der Waals surface area contributed by atoms with E-state index < -0.39 is 11.7 Å². The van der Waals surface area contributed by atoms with Gasteiger partial charge in [-0.2, -0.15) is 18.3 Å². The number of benzene rings is 1. The molecule has 0 aliphatic rings. The number of aromatic nitrogens is 2. The number of halogens is 4. The third-order valence-corrected chi connectivity index (χ3v) is 3.08. The summed E-state index contributed by atoms with van der Waals surface area (Å²) >= 11 is 6.10. The topological polar surface area (TPSA) is 29.9 Å². The van der Waals surface area contributed by atoms with Crippen LogP contribution in [0.25, 0.3) is 5.69 Å². The summed E-state index contributed by atoms with van der Waals surface area (Å²) in [5.41, 5.74) is 0.452. The number of alkyl halides is 3. The summed E-state index contributed by atoms with van der Waals surface area (Å²) < 4.78 is 39.0. The number of nitrogens with zero attached hydrogens (tertiary/aromatic N) is 2. The van der Waals surface area contributed by atoms with Gasteiger partial charge in [0.25, 0.3) is 0 Å². The molecule has 0 atom stereocenters. The van der Waals surface area contributed by atoms with Crippen LogP contribution in [0.4, 0.5) is 13.2 Å². The Morgan fingerprint density at radius 2 is 2.10 bits per heavy atom. The molecule has 3 nitrogen and oxygen atoms in total. The predicted octanol–water partition coefficient (Wildman–Crippen LogP) is 3.65. The summed E-state index contributed by atoms with van der Waals surface area (Å²) in [6.45, 7) is 3.20. The minimum atomic E-state index is -4.42. The second kappa shape index (κ2) is 5.85. The molecule has 1 aromatic heterocycles. The first-order valence-electron chi connectivity index (χ1n) is 6.04. The van der Waals surface area contributed by atoms with Gasteiger partial charge in [-0.05, 0) is 18.2 Å². The van der Waals surface area contributed by atoms with Crippen molar-refractivity contribution in [2.45, 2.75) is 19.6 Å². The van der Waals surface area contributed by atoms with Crippen LogP contribution in [0.5, 0.6) is 0 Å². The van der Waals surface area contributed by atoms with Crippen LogP contribution < -0.4 is 5.32 Å². The molecule has 0 saturated carbocycles. The van der Waals surface area contributed by atoms with Crippen molar-refractivity contribution >= 4 is 11.6 Å². The Balaban J connectivity index is 2.43. The van der Waals surface area contributed by atoms with E-state index in [1.807, 2.05) is 6.92 Å². The Hall–Kier alpha value is -1.53. The van der Waals surface area contributed by atoms with Crippen molar-refractivity contribution in [2.24, 2.45) is 0 Å². The zero-order chi connectivity index (χ0) is 14.8. The zero-order valence-corrected chi connectivity index (χ0v) is 11.5. The molecule has 0 radical (unpaired) electrons. The van der Waals surface area contributed by atoms with Crippen molar-refractivity contribution in [2.75, 3.05) is 6.54 Å². The van der Waals surface area contributed by atoms with Crippen molar-refractivity contribution in [3.05, 3.63) is 46.7 Å². The standard InChI is InChI=1S/C13H13ClF3N3/c1-2-18-6-9-4-3-5-11(14)12(9)20-8-10(7-19-20)13(15,16)17/h3-5,7-8,18H,2,6H2,1H3. The fourth-order valence-corrected chi connectivity index (χ4v) is 2.09. The van der Waals surface area contributed by atoms with Crippen LogP contribution in [-0.4, -0.2) is 16.3 Å². The number of hydrogen-bond donors (Lipinski definition) is 1. The molecule has 0 bridgehead atoms. The molecule has 0 saturated heterocycles. The van der Waals surface area contributed by atoms with E-state index in [1.54, 1.807) is 18.2 Å². The van der Waals surface area contributed by atoms with Gasteiger partial charge in [0.2, 0.25) is 0 Å². The molecule has 108 valence electrons. The van der Waals surface area contributed by atoms with Crippen molar-refractivity contribution in [1.82, 2.24) is 15.1 Å². The van der Waals surface area contributed by atoms with E-state index in [0.29, 0.717) is 17.3 Å². The first-order valence-corrected chi connectivity index (χ1v) is 6.41. The maximum atomic E-state index is 12.6. The van der Waals surface area contributed by atoms with Crippen molar-refractivity contribution in [3.8, 4) is 5.69 Å². The largest absolute Gasteiger partial charge is 0.419 e. The first-order chi connectivity index (χ1) is 9.43. The molecule has 7 heteroatoms. The SMILES string of the molecule is CCNCc1cccc(Cl)c1-n1cc(C(F)(F)F)cn1. The van der Waals surface area contributed by atoms with Gasteiger partial charge >= 0.3 is 6.18 Å². The van der Waals surface area contributed by atoms with E-state index in [0.717, 1.165) is 29.2 Å². The molecule has 20 heavy (non-hydrogen) atoms. The Labute approximate surface area is 119 Å². The summed E-state index contributed by atoms with van der Waals surface area (Å²) in [7, 11) is 0. The lowest BCUT2D eigenvalue weighted by molar-refractivity contribution is -0.137. The monoisotopic (exact) mass is 303 g/mol. The van der Waals surface area contributed by atoms with Gasteiger partial charge in [0.15, 0.2) is 0 Å². The van der Waals surface area contributed by atoms with Gasteiger partial charge in [0.05, 0.1) is 22.5 Å². The Morgan fingerprint density at radius 1 is 1.35 bits per heavy atom. The number of rotatable bonds is 4. The summed E-state index contributed by atoms with van der Waals surface area (Å²) in [5, 5.41) is 7.24. The van der Waals surface area contributed by atoms with E-state index in [1.165, 1.54) is 0 Å². The van der Waals surface area contributed by atoms with E-state index in [-0.39, 0.29) is 0 Å². The number of nitrogens with one attached hydrogen (secondary N) is 1. The lowest BCUT2D eigenvalue weighted by Crippen LogP contribution is -2.14. The van der Waals surface area contributed by atoms with Gasteiger partial charge in [-0.3, -0.25) is 0 Å². The van der Waals surface area contributed by atoms with Gasteiger partial charge in [-0.25, -0.2) is 4.68 Å². The molecule has 2 aromatic rings. The second-order valence-electron chi connectivity index (χ2n) is 4.20. The summed E-state index contributed by atoms with van der Waals surface area (Å²) in [6, 6.07) is 5.19. The molecule has 0 unspecified atom stereocenters. The van der Waals surface area contributed by atoms with Gasteiger partial charge in [-0.15, -0.1) is 0 Å². The van der Waals surface area contributed by atoms with Crippen LogP contribution in [0.2, 0.25) is 5.02 Å². The highest BCUT2D eigenvalue weighted by atomic mass is 35.5. The highest BCUT2D eigenvalue weighted by Gasteiger charge is 2.32. The smallest absolute Gasteiger partial charge is 0.313 e. The number of para-hydroxylation sites is 1. The molecule has 1 heterocycles. The van der Waals surface area contributed by atoms with Crippen LogP contribution in [-0.2, 0) is 12.7 Å². The minimum absolute atomic E-state index is 0.359. The molecular formula is C13H13ClF3N3. The van der Waals surface area contributed by atoms with Crippen LogP contribution >= 0.6 is 11.6 Å². The van der Waals surface area contributed by atoms with Gasteiger partial charge < -0.3 is 5.32 Å². The quantitative estimate of drug-likeness (QED) is 0.934. The molecule has 0 aliphatic heterocycles. The molecule has 2 rings (SSSR count). The van der Waals surface area contributed by atoms with Gasteiger partial charge in [0, 0.05) is 12.7 Å². The van der Waals surface area contributed by atoms with Crippen LogP contribution in [0.3, 0.4) is 0 Å². The molecule has 0 aliphatic carbocycles. The normalized spacial score (nSPS) is 11.8. The van der Waals surface area contributed by atoms with E-state index in [9.17, 15) is 13.2 Å². The third-order valence-electron chi connectivity index (χ3n) is 2.77. The molecule has 0 fully saturated rings. The minimum Gasteiger partial charge on any atom is -0.313 e. The Morgan fingerprint density at radius 3 is 2.70 bits per heavy atom. The zero-order valence-electron chi connectivity index (χ0n) is 10.7. The lowest BCUT2D eigenvalue weighted by Gasteiger charge is -2.12. The molecular weight excluding hydrogens is 291 g/mol. The summed E-state index contributed by atoms with van der Waals surface area (Å²) in [5.74, 6) is 0. The van der Waals surface area contributed by atoms with Crippen LogP contribution in [0, 0.1) is 0 Å². The first kappa shape index (κ1) is 14.9. The number of hydrogen-bond acceptors (Lipinski definition) is 2. The van der Waals surface area contributed by atoms with E-state index >= 15 is 0 Å². The fourth-order valence-electron chi connectivity index (χ4n) is 1.81. The Bertz CT molecular complexity index is 593. The van der Waals surface area contributed by atoms with E-state index in [2.05, 4.69) is 10.4 Å². The Kier molecular flexibility index (Phi) is 4.35. The highest BCUT2D eigenvalue weighted by molar-refractivity contribution is 6.32. The van der Waals surface area contributed by atoms with Crippen LogP contribution in [0.15, 0.2) is 30.6 Å². The van der Waals surface area contributed by atoms with E-state index in [4.69, 9.17) is 11.6 Å². The van der Waals surface area contributed by atoms with Gasteiger partial charge in [0.1, 0.15) is 0 Å². The molecule has 1 aromatic carbocycles. The van der Waals surface area contributed by atoms with Crippen molar-refractivity contribution in [1.29, 1.82) is 0 Å². The molecule has 0 spiro atoms. The van der Waals surface area contributed by atoms with Crippen molar-refractivity contribution < 1.29 is 13.2 Å².